The zero-order chi connectivity index (χ0) is 20.3. The first-order valence-corrected chi connectivity index (χ1v) is 9.08. The van der Waals surface area contributed by atoms with E-state index in [0.29, 0.717) is 21.5 Å². The molecule has 0 bridgehead atoms. The minimum Gasteiger partial charge on any atom is -0.358 e. The largest absolute Gasteiger partial charge is 0.390 e. The molecule has 0 aliphatic carbocycles. The summed E-state index contributed by atoms with van der Waals surface area (Å²) in [5, 5.41) is 21.5. The van der Waals surface area contributed by atoms with E-state index < -0.39 is 4.92 Å². The Morgan fingerprint density at radius 3 is 2.79 bits per heavy atom. The van der Waals surface area contributed by atoms with E-state index in [9.17, 15) is 19.3 Å². The van der Waals surface area contributed by atoms with Gasteiger partial charge < -0.3 is 15.4 Å². The predicted molar refractivity (Wildman–Crippen MR) is 102 cm³/mol. The second-order valence-corrected chi connectivity index (χ2v) is 6.89. The average Bonchev–Trinajstić information content (AvgIpc) is 3.18. The molecule has 1 N–H and O–H groups in total. The van der Waals surface area contributed by atoms with Gasteiger partial charge in [0, 0.05) is 18.2 Å². The molecule has 2 heterocycles. The van der Waals surface area contributed by atoms with Crippen LogP contribution >= 0.6 is 15.9 Å². The molecule has 0 spiro atoms. The van der Waals surface area contributed by atoms with Gasteiger partial charge in [-0.2, -0.15) is 9.78 Å². The number of hydrogen-bond acceptors (Lipinski definition) is 5. The van der Waals surface area contributed by atoms with Gasteiger partial charge in [-0.25, -0.2) is 4.39 Å². The lowest BCUT2D eigenvalue weighted by Crippen LogP contribution is -2.16. The van der Waals surface area contributed by atoms with Crippen molar-refractivity contribution < 1.29 is 14.1 Å². The molecule has 0 radical (unpaired) electrons. The van der Waals surface area contributed by atoms with Gasteiger partial charge in [0.2, 0.25) is 5.91 Å². The third-order valence-electron chi connectivity index (χ3n) is 3.97. The van der Waals surface area contributed by atoms with Gasteiger partial charge in [-0.1, -0.05) is 18.2 Å². The molecule has 28 heavy (non-hydrogen) atoms. The summed E-state index contributed by atoms with van der Waals surface area (Å²) in [7, 11) is 0. The van der Waals surface area contributed by atoms with Crippen LogP contribution < -0.4 is 5.32 Å². The standard InChI is InChI=1S/C17H16BrFN6O3/c1-11-8-15(25(27)28)21-24(11)7-6-16(26)20-17-13(18)10-23(22-17)9-12-4-2-3-5-14(12)19/h2-5,8,10H,6-7,9H2,1H3,(H,20,22,26). The number of nitro groups is 1. The molecular weight excluding hydrogens is 435 g/mol. The fourth-order valence-corrected chi connectivity index (χ4v) is 2.99. The fraction of sp³-hybridized carbons (Fsp3) is 0.235. The normalized spacial score (nSPS) is 10.8. The van der Waals surface area contributed by atoms with E-state index in [1.807, 2.05) is 0 Å². The van der Waals surface area contributed by atoms with Crippen molar-refractivity contribution in [3.8, 4) is 0 Å². The van der Waals surface area contributed by atoms with Gasteiger partial charge in [-0.15, -0.1) is 0 Å². The Labute approximate surface area is 167 Å². The van der Waals surface area contributed by atoms with Crippen molar-refractivity contribution in [2.45, 2.75) is 26.4 Å². The Bertz CT molecular complexity index is 1030. The topological polar surface area (TPSA) is 108 Å². The van der Waals surface area contributed by atoms with Crippen LogP contribution in [0.25, 0.3) is 0 Å². The molecule has 2 aromatic heterocycles. The summed E-state index contributed by atoms with van der Waals surface area (Å²) in [6.45, 7) is 2.09. The maximum atomic E-state index is 13.8. The minimum atomic E-state index is -0.580. The number of hydrogen-bond donors (Lipinski definition) is 1. The van der Waals surface area contributed by atoms with Crippen molar-refractivity contribution in [2.75, 3.05) is 5.32 Å². The van der Waals surface area contributed by atoms with Gasteiger partial charge in [0.05, 0.1) is 34.4 Å². The molecule has 0 atom stereocenters. The number of benzene rings is 1. The minimum absolute atomic E-state index is 0.0618. The highest BCUT2D eigenvalue weighted by atomic mass is 79.9. The highest BCUT2D eigenvalue weighted by Crippen LogP contribution is 2.21. The molecule has 0 fully saturated rings. The molecule has 0 saturated heterocycles. The van der Waals surface area contributed by atoms with Crippen LogP contribution in [0.5, 0.6) is 0 Å². The van der Waals surface area contributed by atoms with Crippen LogP contribution in [0.3, 0.4) is 0 Å². The molecular formula is C17H16BrFN6O3. The predicted octanol–water partition coefficient (Wildman–Crippen LogP) is 3.27. The number of aryl methyl sites for hydroxylation is 2. The Balaban J connectivity index is 1.61. The Hall–Kier alpha value is -3.08. The zero-order valence-electron chi connectivity index (χ0n) is 14.8. The molecule has 3 aromatic rings. The molecule has 0 saturated carbocycles. The van der Waals surface area contributed by atoms with Gasteiger partial charge in [0.25, 0.3) is 0 Å². The van der Waals surface area contributed by atoms with Crippen molar-refractivity contribution in [3.63, 3.8) is 0 Å². The number of nitrogens with one attached hydrogen (secondary N) is 1. The van der Waals surface area contributed by atoms with Gasteiger partial charge in [-0.3, -0.25) is 9.48 Å². The maximum Gasteiger partial charge on any atom is 0.390 e. The van der Waals surface area contributed by atoms with E-state index >= 15 is 0 Å². The lowest BCUT2D eigenvalue weighted by Gasteiger charge is -2.04. The number of aromatic nitrogens is 4. The van der Waals surface area contributed by atoms with E-state index in [4.69, 9.17) is 0 Å². The van der Waals surface area contributed by atoms with E-state index in [0.717, 1.165) is 0 Å². The van der Waals surface area contributed by atoms with Crippen molar-refractivity contribution >= 4 is 33.5 Å². The molecule has 0 aliphatic rings. The fourth-order valence-electron chi connectivity index (χ4n) is 2.57. The molecule has 3 rings (SSSR count). The van der Waals surface area contributed by atoms with Crippen LogP contribution in [-0.4, -0.2) is 30.4 Å². The van der Waals surface area contributed by atoms with Crippen LogP contribution in [0.4, 0.5) is 16.0 Å². The summed E-state index contributed by atoms with van der Waals surface area (Å²) in [6, 6.07) is 7.73. The smallest absolute Gasteiger partial charge is 0.358 e. The van der Waals surface area contributed by atoms with Gasteiger partial charge >= 0.3 is 5.82 Å². The average molecular weight is 451 g/mol. The van der Waals surface area contributed by atoms with Crippen LogP contribution in [-0.2, 0) is 17.9 Å². The molecule has 9 nitrogen and oxygen atoms in total. The van der Waals surface area contributed by atoms with E-state index in [2.05, 4.69) is 31.4 Å². The summed E-state index contributed by atoms with van der Waals surface area (Å²) in [5.74, 6) is -0.602. The maximum absolute atomic E-state index is 13.8. The van der Waals surface area contributed by atoms with E-state index in [-0.39, 0.29) is 37.1 Å². The van der Waals surface area contributed by atoms with Crippen molar-refractivity contribution in [1.82, 2.24) is 19.6 Å². The number of nitrogens with zero attached hydrogens (tertiary/aromatic N) is 5. The highest BCUT2D eigenvalue weighted by molar-refractivity contribution is 9.10. The molecule has 11 heteroatoms. The van der Waals surface area contributed by atoms with E-state index in [1.165, 1.54) is 21.5 Å². The van der Waals surface area contributed by atoms with Crippen molar-refractivity contribution in [1.29, 1.82) is 0 Å². The van der Waals surface area contributed by atoms with Crippen LogP contribution in [0, 0.1) is 22.9 Å². The summed E-state index contributed by atoms with van der Waals surface area (Å²) in [5.41, 5.74) is 1.07. The number of amides is 1. The Kier molecular flexibility index (Phi) is 5.83. The monoisotopic (exact) mass is 450 g/mol. The van der Waals surface area contributed by atoms with Gasteiger partial charge in [0.15, 0.2) is 5.82 Å². The number of carbonyl (C=O) groups excluding carboxylic acids is 1. The molecule has 1 aromatic carbocycles. The van der Waals surface area contributed by atoms with Crippen LogP contribution in [0.1, 0.15) is 17.7 Å². The van der Waals surface area contributed by atoms with Crippen LogP contribution in [0.15, 0.2) is 41.0 Å². The summed E-state index contributed by atoms with van der Waals surface area (Å²) >= 11 is 3.32. The summed E-state index contributed by atoms with van der Waals surface area (Å²) < 4.78 is 17.2. The van der Waals surface area contributed by atoms with Crippen LogP contribution in [0.2, 0.25) is 0 Å². The highest BCUT2D eigenvalue weighted by Gasteiger charge is 2.17. The lowest BCUT2D eigenvalue weighted by atomic mass is 10.2. The zero-order valence-corrected chi connectivity index (χ0v) is 16.4. The van der Waals surface area contributed by atoms with Crippen molar-refractivity contribution in [2.24, 2.45) is 0 Å². The molecule has 146 valence electrons. The summed E-state index contributed by atoms with van der Waals surface area (Å²) in [6.07, 6.45) is 1.70. The molecule has 0 aliphatic heterocycles. The SMILES string of the molecule is Cc1cc([N+](=O)[O-])nn1CCC(=O)Nc1nn(Cc2ccccc2F)cc1Br. The Morgan fingerprint density at radius 2 is 2.11 bits per heavy atom. The third-order valence-corrected chi connectivity index (χ3v) is 4.55. The molecule has 0 unspecified atom stereocenters. The number of rotatable bonds is 7. The van der Waals surface area contributed by atoms with Gasteiger partial charge in [-0.05, 0) is 33.8 Å². The van der Waals surface area contributed by atoms with Crippen molar-refractivity contribution in [3.05, 3.63) is 68.2 Å². The molecule has 1 amide bonds. The number of halogens is 2. The first-order chi connectivity index (χ1) is 13.3. The first-order valence-electron chi connectivity index (χ1n) is 8.28. The quantitative estimate of drug-likeness (QED) is 0.438. The number of anilines is 1. The van der Waals surface area contributed by atoms with Gasteiger partial charge in [0.1, 0.15) is 5.82 Å². The van der Waals surface area contributed by atoms with E-state index in [1.54, 1.807) is 31.3 Å². The summed E-state index contributed by atoms with van der Waals surface area (Å²) in [4.78, 5) is 22.4. The second kappa shape index (κ2) is 8.30. The third kappa shape index (κ3) is 4.60. The number of carbonyl (C=O) groups is 1. The first kappa shape index (κ1) is 19.7. The Morgan fingerprint density at radius 1 is 1.36 bits per heavy atom. The lowest BCUT2D eigenvalue weighted by molar-refractivity contribution is -0.389. The second-order valence-electron chi connectivity index (χ2n) is 6.04.